The van der Waals surface area contributed by atoms with Crippen LogP contribution in [0, 0.1) is 0 Å². The summed E-state index contributed by atoms with van der Waals surface area (Å²) in [5.74, 6) is 1.33. The van der Waals surface area contributed by atoms with E-state index in [1.165, 1.54) is 12.3 Å². The van der Waals surface area contributed by atoms with Crippen molar-refractivity contribution in [3.05, 3.63) is 53.3 Å². The van der Waals surface area contributed by atoms with Crippen LogP contribution in [0.2, 0.25) is 0 Å². The van der Waals surface area contributed by atoms with Crippen molar-refractivity contribution in [3.63, 3.8) is 0 Å². The Morgan fingerprint density at radius 3 is 2.45 bits per heavy atom. The molecule has 1 aliphatic heterocycles. The highest BCUT2D eigenvalue weighted by atomic mass is 19.4. The zero-order valence-electron chi connectivity index (χ0n) is 10.3. The van der Waals surface area contributed by atoms with E-state index >= 15 is 0 Å². The molecule has 0 amide bonds. The molecular weight excluding hydrogens is 271 g/mol. The van der Waals surface area contributed by atoms with Crippen molar-refractivity contribution in [3.8, 4) is 11.5 Å². The number of hydrogen-bond acceptors (Lipinski definition) is 3. The van der Waals surface area contributed by atoms with Gasteiger partial charge in [0.05, 0.1) is 0 Å². The highest BCUT2D eigenvalue weighted by Gasteiger charge is 2.31. The third kappa shape index (κ3) is 2.54. The molecule has 20 heavy (non-hydrogen) atoms. The van der Waals surface area contributed by atoms with Gasteiger partial charge < -0.3 is 9.47 Å². The average Bonchev–Trinajstić information content (AvgIpc) is 2.86. The molecule has 1 aromatic carbocycles. The van der Waals surface area contributed by atoms with Gasteiger partial charge in [0.15, 0.2) is 11.5 Å². The summed E-state index contributed by atoms with van der Waals surface area (Å²) in [7, 11) is 0. The first-order valence-corrected chi connectivity index (χ1v) is 5.93. The summed E-state index contributed by atoms with van der Waals surface area (Å²) in [6.45, 7) is 0.195. The Morgan fingerprint density at radius 1 is 1.00 bits per heavy atom. The van der Waals surface area contributed by atoms with E-state index in [-0.39, 0.29) is 6.79 Å². The lowest BCUT2D eigenvalue weighted by Gasteiger charge is -2.07. The standard InChI is InChI=1S/C14H10F3NO2/c15-14(16,17)13-4-2-10(7-18-13)5-9-1-3-11-12(6-9)20-8-19-11/h1-4,6-7H,5,8H2. The van der Waals surface area contributed by atoms with Gasteiger partial charge in [-0.05, 0) is 35.7 Å². The molecule has 104 valence electrons. The zero-order chi connectivity index (χ0) is 14.2. The van der Waals surface area contributed by atoms with Crippen LogP contribution in [-0.4, -0.2) is 11.8 Å². The van der Waals surface area contributed by atoms with Crippen LogP contribution in [0.4, 0.5) is 13.2 Å². The van der Waals surface area contributed by atoms with Crippen molar-refractivity contribution in [1.82, 2.24) is 4.98 Å². The highest BCUT2D eigenvalue weighted by molar-refractivity contribution is 5.45. The third-order valence-corrected chi connectivity index (χ3v) is 2.96. The number of benzene rings is 1. The number of aromatic nitrogens is 1. The molecule has 1 aromatic heterocycles. The largest absolute Gasteiger partial charge is 0.454 e. The molecule has 0 bridgehead atoms. The quantitative estimate of drug-likeness (QED) is 0.845. The van der Waals surface area contributed by atoms with Gasteiger partial charge >= 0.3 is 6.18 Å². The number of rotatable bonds is 2. The molecule has 3 nitrogen and oxygen atoms in total. The molecular formula is C14H10F3NO2. The summed E-state index contributed by atoms with van der Waals surface area (Å²) in [5, 5.41) is 0. The Kier molecular flexibility index (Phi) is 3.00. The minimum atomic E-state index is -4.41. The summed E-state index contributed by atoms with van der Waals surface area (Å²) in [6, 6.07) is 7.88. The summed E-state index contributed by atoms with van der Waals surface area (Å²) in [4.78, 5) is 3.44. The molecule has 0 aliphatic carbocycles. The van der Waals surface area contributed by atoms with Gasteiger partial charge in [0.2, 0.25) is 6.79 Å². The first-order chi connectivity index (χ1) is 9.52. The smallest absolute Gasteiger partial charge is 0.433 e. The summed E-state index contributed by atoms with van der Waals surface area (Å²) in [6.07, 6.45) is -2.67. The van der Waals surface area contributed by atoms with Crippen molar-refractivity contribution >= 4 is 0 Å². The number of pyridine rings is 1. The number of alkyl halides is 3. The van der Waals surface area contributed by atoms with Crippen molar-refractivity contribution in [2.24, 2.45) is 0 Å². The number of hydrogen-bond donors (Lipinski definition) is 0. The van der Waals surface area contributed by atoms with Crippen LogP contribution in [0.1, 0.15) is 16.8 Å². The maximum Gasteiger partial charge on any atom is 0.433 e. The van der Waals surface area contributed by atoms with Gasteiger partial charge in [0, 0.05) is 6.20 Å². The van der Waals surface area contributed by atoms with E-state index in [2.05, 4.69) is 4.98 Å². The second-order valence-corrected chi connectivity index (χ2v) is 4.41. The van der Waals surface area contributed by atoms with E-state index in [1.54, 1.807) is 6.07 Å². The zero-order valence-corrected chi connectivity index (χ0v) is 10.3. The van der Waals surface area contributed by atoms with Gasteiger partial charge in [-0.2, -0.15) is 13.2 Å². The number of nitrogens with zero attached hydrogens (tertiary/aromatic N) is 1. The summed E-state index contributed by atoms with van der Waals surface area (Å²) < 4.78 is 47.7. The molecule has 1 aliphatic rings. The second-order valence-electron chi connectivity index (χ2n) is 4.41. The fraction of sp³-hybridized carbons (Fsp3) is 0.214. The molecule has 0 saturated carbocycles. The SMILES string of the molecule is FC(F)(F)c1ccc(Cc2ccc3c(c2)OCO3)cn1. The molecule has 2 heterocycles. The lowest BCUT2D eigenvalue weighted by molar-refractivity contribution is -0.141. The maximum atomic E-state index is 12.4. The molecule has 2 aromatic rings. The Balaban J connectivity index is 1.78. The van der Waals surface area contributed by atoms with E-state index < -0.39 is 11.9 Å². The van der Waals surface area contributed by atoms with Crippen LogP contribution in [0.25, 0.3) is 0 Å². The van der Waals surface area contributed by atoms with E-state index in [9.17, 15) is 13.2 Å². The lowest BCUT2D eigenvalue weighted by Crippen LogP contribution is -2.07. The topological polar surface area (TPSA) is 31.4 Å². The molecule has 6 heteroatoms. The number of ether oxygens (including phenoxy) is 2. The predicted octanol–water partition coefficient (Wildman–Crippen LogP) is 3.42. The highest BCUT2D eigenvalue weighted by Crippen LogP contribution is 2.33. The van der Waals surface area contributed by atoms with Crippen LogP contribution >= 0.6 is 0 Å². The molecule has 0 saturated heterocycles. The van der Waals surface area contributed by atoms with Gasteiger partial charge in [0.1, 0.15) is 5.69 Å². The predicted molar refractivity (Wildman–Crippen MR) is 64.6 cm³/mol. The fourth-order valence-corrected chi connectivity index (χ4v) is 1.98. The summed E-state index contributed by atoms with van der Waals surface area (Å²) >= 11 is 0. The second kappa shape index (κ2) is 4.70. The molecule has 0 radical (unpaired) electrons. The van der Waals surface area contributed by atoms with Crippen molar-refractivity contribution < 1.29 is 22.6 Å². The molecule has 0 atom stereocenters. The lowest BCUT2D eigenvalue weighted by atomic mass is 10.1. The van der Waals surface area contributed by atoms with E-state index in [0.29, 0.717) is 23.5 Å². The van der Waals surface area contributed by atoms with Crippen LogP contribution in [0.5, 0.6) is 11.5 Å². The first-order valence-electron chi connectivity index (χ1n) is 5.93. The first kappa shape index (κ1) is 12.8. The number of fused-ring (bicyclic) bond motifs is 1. The van der Waals surface area contributed by atoms with Crippen molar-refractivity contribution in [1.29, 1.82) is 0 Å². The Hall–Kier alpha value is -2.24. The maximum absolute atomic E-state index is 12.4. The third-order valence-electron chi connectivity index (χ3n) is 2.96. The van der Waals surface area contributed by atoms with Crippen LogP contribution in [-0.2, 0) is 12.6 Å². The van der Waals surface area contributed by atoms with Gasteiger partial charge in [-0.25, -0.2) is 0 Å². The van der Waals surface area contributed by atoms with Gasteiger partial charge in [-0.1, -0.05) is 12.1 Å². The minimum absolute atomic E-state index is 0.195. The minimum Gasteiger partial charge on any atom is -0.454 e. The normalized spacial score (nSPS) is 13.6. The van der Waals surface area contributed by atoms with E-state index in [4.69, 9.17) is 9.47 Å². The molecule has 3 rings (SSSR count). The van der Waals surface area contributed by atoms with Crippen LogP contribution in [0.15, 0.2) is 36.5 Å². The van der Waals surface area contributed by atoms with E-state index in [0.717, 1.165) is 11.6 Å². The molecule has 0 fully saturated rings. The summed E-state index contributed by atoms with van der Waals surface area (Å²) in [5.41, 5.74) is 0.750. The Bertz CT molecular complexity index is 623. The Labute approximate surface area is 113 Å². The monoisotopic (exact) mass is 281 g/mol. The van der Waals surface area contributed by atoms with Gasteiger partial charge in [-0.15, -0.1) is 0 Å². The molecule has 0 spiro atoms. The van der Waals surface area contributed by atoms with E-state index in [1.807, 2.05) is 12.1 Å². The van der Waals surface area contributed by atoms with Gasteiger partial charge in [0.25, 0.3) is 0 Å². The van der Waals surface area contributed by atoms with Crippen LogP contribution < -0.4 is 9.47 Å². The fourth-order valence-electron chi connectivity index (χ4n) is 1.98. The van der Waals surface area contributed by atoms with Gasteiger partial charge in [-0.3, -0.25) is 4.98 Å². The average molecular weight is 281 g/mol. The Morgan fingerprint density at radius 2 is 1.75 bits per heavy atom. The molecule has 0 unspecified atom stereocenters. The van der Waals surface area contributed by atoms with Crippen molar-refractivity contribution in [2.45, 2.75) is 12.6 Å². The van der Waals surface area contributed by atoms with Crippen LogP contribution in [0.3, 0.4) is 0 Å². The number of halogens is 3. The molecule has 0 N–H and O–H groups in total. The van der Waals surface area contributed by atoms with Crippen molar-refractivity contribution in [2.75, 3.05) is 6.79 Å².